The smallest absolute Gasteiger partial charge is 0.305 e. The second kappa shape index (κ2) is 12.4. The third-order valence-corrected chi connectivity index (χ3v) is 3.45. The number of methoxy groups -OCH3 is 1. The molecule has 1 rings (SSSR count). The van der Waals surface area contributed by atoms with Gasteiger partial charge < -0.3 is 15.4 Å². The van der Waals surface area contributed by atoms with Gasteiger partial charge in [-0.3, -0.25) is 14.8 Å². The lowest BCUT2D eigenvalue weighted by Crippen LogP contribution is -2.38. The van der Waals surface area contributed by atoms with Gasteiger partial charge in [0.25, 0.3) is 0 Å². The second-order valence-electron chi connectivity index (χ2n) is 5.24. The Bertz CT molecular complexity index is 463. The summed E-state index contributed by atoms with van der Waals surface area (Å²) in [5.41, 5.74) is 1.07. The first kappa shape index (κ1) is 18.9. The summed E-state index contributed by atoms with van der Waals surface area (Å²) in [5, 5.41) is 6.57. The molecule has 1 aromatic heterocycles. The van der Waals surface area contributed by atoms with Crippen LogP contribution in [-0.2, 0) is 16.0 Å². The van der Waals surface area contributed by atoms with Crippen LogP contribution in [0.1, 0.15) is 37.8 Å². The van der Waals surface area contributed by atoms with Crippen molar-refractivity contribution in [2.45, 2.75) is 38.5 Å². The lowest BCUT2D eigenvalue weighted by molar-refractivity contribution is -0.140. The van der Waals surface area contributed by atoms with Crippen LogP contribution in [0.25, 0.3) is 0 Å². The standard InChI is InChI=1S/C17H28N4O2/c1-18-17(21-14-11-15-9-6-8-12-19-15)20-13-7-4-3-5-10-16(22)23-2/h6,8-9,12H,3-5,7,10-11,13-14H2,1-2H3,(H2,18,20,21). The summed E-state index contributed by atoms with van der Waals surface area (Å²) in [6, 6.07) is 5.93. The van der Waals surface area contributed by atoms with Crippen LogP contribution in [0.5, 0.6) is 0 Å². The molecule has 2 N–H and O–H groups in total. The number of aliphatic imine (C=N–C) groups is 1. The molecule has 1 aromatic rings. The molecular weight excluding hydrogens is 292 g/mol. The van der Waals surface area contributed by atoms with E-state index in [9.17, 15) is 4.79 Å². The largest absolute Gasteiger partial charge is 0.469 e. The number of unbranched alkanes of at least 4 members (excludes halogenated alkanes) is 3. The third-order valence-electron chi connectivity index (χ3n) is 3.45. The summed E-state index contributed by atoms with van der Waals surface area (Å²) in [7, 11) is 3.20. The van der Waals surface area contributed by atoms with E-state index in [1.165, 1.54) is 7.11 Å². The molecule has 0 atom stereocenters. The van der Waals surface area contributed by atoms with Crippen LogP contribution in [0, 0.1) is 0 Å². The van der Waals surface area contributed by atoms with E-state index >= 15 is 0 Å². The fourth-order valence-corrected chi connectivity index (χ4v) is 2.13. The highest BCUT2D eigenvalue weighted by Gasteiger charge is 2.00. The monoisotopic (exact) mass is 320 g/mol. The van der Waals surface area contributed by atoms with Gasteiger partial charge in [0.05, 0.1) is 7.11 Å². The number of rotatable bonds is 10. The molecule has 0 radical (unpaired) electrons. The minimum Gasteiger partial charge on any atom is -0.469 e. The molecule has 6 heteroatoms. The Balaban J connectivity index is 2.02. The summed E-state index contributed by atoms with van der Waals surface area (Å²) in [5.74, 6) is 0.691. The van der Waals surface area contributed by atoms with E-state index in [-0.39, 0.29) is 5.97 Å². The normalized spacial score (nSPS) is 11.1. The molecule has 0 saturated carbocycles. The van der Waals surface area contributed by atoms with Crippen molar-refractivity contribution in [3.63, 3.8) is 0 Å². The number of hydrogen-bond donors (Lipinski definition) is 2. The van der Waals surface area contributed by atoms with E-state index in [1.807, 2.05) is 24.4 Å². The van der Waals surface area contributed by atoms with Gasteiger partial charge in [0.15, 0.2) is 5.96 Å². The molecule has 1 heterocycles. The number of aromatic nitrogens is 1. The van der Waals surface area contributed by atoms with Crippen LogP contribution in [0.4, 0.5) is 0 Å². The highest BCUT2D eigenvalue weighted by atomic mass is 16.5. The Kier molecular flexibility index (Phi) is 10.2. The second-order valence-corrected chi connectivity index (χ2v) is 5.24. The molecule has 0 fully saturated rings. The SMILES string of the molecule is CN=C(NCCCCCCC(=O)OC)NCCc1ccccn1. The lowest BCUT2D eigenvalue weighted by atomic mass is 10.1. The van der Waals surface area contributed by atoms with Crippen molar-refractivity contribution in [3.8, 4) is 0 Å². The molecule has 0 bridgehead atoms. The van der Waals surface area contributed by atoms with E-state index < -0.39 is 0 Å². The Morgan fingerprint density at radius 3 is 2.65 bits per heavy atom. The maximum atomic E-state index is 11.0. The molecule has 0 aliphatic carbocycles. The zero-order valence-corrected chi connectivity index (χ0v) is 14.2. The summed E-state index contributed by atoms with van der Waals surface area (Å²) >= 11 is 0. The van der Waals surface area contributed by atoms with Gasteiger partial charge in [-0.15, -0.1) is 0 Å². The maximum Gasteiger partial charge on any atom is 0.305 e. The summed E-state index contributed by atoms with van der Waals surface area (Å²) in [6.07, 6.45) is 7.28. The molecule has 23 heavy (non-hydrogen) atoms. The van der Waals surface area contributed by atoms with Gasteiger partial charge in [0.1, 0.15) is 0 Å². The summed E-state index contributed by atoms with van der Waals surface area (Å²) in [4.78, 5) is 19.5. The zero-order chi connectivity index (χ0) is 16.8. The van der Waals surface area contributed by atoms with Gasteiger partial charge in [-0.2, -0.15) is 0 Å². The Labute approximate surface area is 138 Å². The topological polar surface area (TPSA) is 75.6 Å². The van der Waals surface area contributed by atoms with Crippen LogP contribution < -0.4 is 10.6 Å². The summed E-state index contributed by atoms with van der Waals surface area (Å²) < 4.78 is 4.61. The fourth-order valence-electron chi connectivity index (χ4n) is 2.13. The number of ether oxygens (including phenoxy) is 1. The van der Waals surface area contributed by atoms with Crippen molar-refractivity contribution in [2.24, 2.45) is 4.99 Å². The van der Waals surface area contributed by atoms with Crippen molar-refractivity contribution in [1.82, 2.24) is 15.6 Å². The molecule has 0 amide bonds. The van der Waals surface area contributed by atoms with E-state index in [0.717, 1.165) is 56.8 Å². The zero-order valence-electron chi connectivity index (χ0n) is 14.2. The number of nitrogens with zero attached hydrogens (tertiary/aromatic N) is 2. The Morgan fingerprint density at radius 2 is 1.96 bits per heavy atom. The molecule has 0 aliphatic rings. The summed E-state index contributed by atoms with van der Waals surface area (Å²) in [6.45, 7) is 1.68. The molecule has 0 spiro atoms. The van der Waals surface area contributed by atoms with Crippen molar-refractivity contribution in [1.29, 1.82) is 0 Å². The van der Waals surface area contributed by atoms with Gasteiger partial charge in [-0.25, -0.2) is 0 Å². The van der Waals surface area contributed by atoms with Gasteiger partial charge in [-0.1, -0.05) is 18.9 Å². The molecule has 6 nitrogen and oxygen atoms in total. The number of guanidine groups is 1. The molecule has 0 unspecified atom stereocenters. The molecule has 0 aromatic carbocycles. The Morgan fingerprint density at radius 1 is 1.17 bits per heavy atom. The predicted octanol–water partition coefficient (Wildman–Crippen LogP) is 1.91. The average molecular weight is 320 g/mol. The number of carbonyl (C=O) groups excluding carboxylic acids is 1. The van der Waals surface area contributed by atoms with Gasteiger partial charge >= 0.3 is 5.97 Å². The fraction of sp³-hybridized carbons (Fsp3) is 0.588. The first-order valence-corrected chi connectivity index (χ1v) is 8.17. The molecule has 128 valence electrons. The van der Waals surface area contributed by atoms with Gasteiger partial charge in [0, 0.05) is 44.9 Å². The lowest BCUT2D eigenvalue weighted by Gasteiger charge is -2.11. The highest BCUT2D eigenvalue weighted by Crippen LogP contribution is 2.03. The average Bonchev–Trinajstić information content (AvgIpc) is 2.59. The van der Waals surface area contributed by atoms with Gasteiger partial charge in [-0.05, 0) is 25.0 Å². The minimum atomic E-state index is -0.124. The number of hydrogen-bond acceptors (Lipinski definition) is 4. The van der Waals surface area contributed by atoms with Crippen molar-refractivity contribution in [3.05, 3.63) is 30.1 Å². The quantitative estimate of drug-likeness (QED) is 0.298. The van der Waals surface area contributed by atoms with E-state index in [2.05, 4.69) is 25.3 Å². The first-order chi connectivity index (χ1) is 11.3. The number of carbonyl (C=O) groups is 1. The number of pyridine rings is 1. The predicted molar refractivity (Wildman–Crippen MR) is 92.4 cm³/mol. The molecular formula is C17H28N4O2. The van der Waals surface area contributed by atoms with Crippen LogP contribution >= 0.6 is 0 Å². The van der Waals surface area contributed by atoms with Crippen LogP contribution in [0.15, 0.2) is 29.4 Å². The van der Waals surface area contributed by atoms with Crippen LogP contribution in [0.3, 0.4) is 0 Å². The van der Waals surface area contributed by atoms with Crippen LogP contribution in [0.2, 0.25) is 0 Å². The maximum absolute atomic E-state index is 11.0. The number of esters is 1. The highest BCUT2D eigenvalue weighted by molar-refractivity contribution is 5.79. The van der Waals surface area contributed by atoms with Gasteiger partial charge in [0.2, 0.25) is 0 Å². The third kappa shape index (κ3) is 9.50. The van der Waals surface area contributed by atoms with Crippen LogP contribution in [-0.4, -0.2) is 44.2 Å². The first-order valence-electron chi connectivity index (χ1n) is 8.17. The molecule has 0 aliphatic heterocycles. The number of nitrogens with one attached hydrogen (secondary N) is 2. The van der Waals surface area contributed by atoms with E-state index in [4.69, 9.17) is 0 Å². The van der Waals surface area contributed by atoms with E-state index in [1.54, 1.807) is 7.05 Å². The van der Waals surface area contributed by atoms with Crippen molar-refractivity contribution >= 4 is 11.9 Å². The molecule has 0 saturated heterocycles. The minimum absolute atomic E-state index is 0.124. The van der Waals surface area contributed by atoms with Crippen molar-refractivity contribution in [2.75, 3.05) is 27.2 Å². The van der Waals surface area contributed by atoms with Crippen molar-refractivity contribution < 1.29 is 9.53 Å². The Hall–Kier alpha value is -2.11. The van der Waals surface area contributed by atoms with E-state index in [0.29, 0.717) is 6.42 Å².